The van der Waals surface area contributed by atoms with E-state index in [1.54, 1.807) is 43.5 Å². The van der Waals surface area contributed by atoms with E-state index in [0.29, 0.717) is 22.9 Å². The van der Waals surface area contributed by atoms with Gasteiger partial charge in [0, 0.05) is 11.8 Å². The van der Waals surface area contributed by atoms with Gasteiger partial charge < -0.3 is 19.7 Å². The van der Waals surface area contributed by atoms with Crippen LogP contribution in [0.3, 0.4) is 0 Å². The van der Waals surface area contributed by atoms with E-state index in [0.717, 1.165) is 5.56 Å². The molecule has 2 rings (SSSR count). The zero-order chi connectivity index (χ0) is 14.5. The minimum absolute atomic E-state index is 0.0703. The number of methoxy groups -OCH3 is 1. The Morgan fingerprint density at radius 3 is 2.70 bits per heavy atom. The highest BCUT2D eigenvalue weighted by Gasteiger charge is 2.13. The van der Waals surface area contributed by atoms with Crippen LogP contribution in [0, 0.1) is 0 Å². The Morgan fingerprint density at radius 1 is 1.25 bits per heavy atom. The van der Waals surface area contributed by atoms with Crippen LogP contribution in [0.25, 0.3) is 0 Å². The molecule has 1 heterocycles. The lowest BCUT2D eigenvalue weighted by molar-refractivity contribution is 0.194. The molecule has 1 atom stereocenters. The lowest BCUT2D eigenvalue weighted by atomic mass is 10.2. The molecule has 0 amide bonds. The largest absolute Gasteiger partial charge is 0.493 e. The van der Waals surface area contributed by atoms with E-state index >= 15 is 0 Å². The molecule has 0 aliphatic heterocycles. The SMILES string of the molecule is COc1cc(CO)ccc1Oc1ncccc1C(C)O. The first-order valence-corrected chi connectivity index (χ1v) is 6.24. The number of rotatable bonds is 5. The Hall–Kier alpha value is -2.11. The molecule has 5 nitrogen and oxygen atoms in total. The first-order chi connectivity index (χ1) is 9.65. The van der Waals surface area contributed by atoms with Crippen molar-refractivity contribution in [1.29, 1.82) is 0 Å². The summed E-state index contributed by atoms with van der Waals surface area (Å²) in [4.78, 5) is 4.13. The van der Waals surface area contributed by atoms with Crippen LogP contribution in [0.2, 0.25) is 0 Å². The predicted octanol–water partition coefficient (Wildman–Crippen LogP) is 2.43. The number of aliphatic hydroxyl groups excluding tert-OH is 2. The minimum atomic E-state index is -0.679. The fourth-order valence-electron chi connectivity index (χ4n) is 1.81. The van der Waals surface area contributed by atoms with Crippen molar-refractivity contribution in [3.8, 4) is 17.4 Å². The molecule has 106 valence electrons. The van der Waals surface area contributed by atoms with Gasteiger partial charge in [-0.05, 0) is 36.8 Å². The summed E-state index contributed by atoms with van der Waals surface area (Å²) in [7, 11) is 1.53. The van der Waals surface area contributed by atoms with Crippen molar-refractivity contribution in [3.05, 3.63) is 47.7 Å². The second kappa shape index (κ2) is 6.36. The third-order valence-electron chi connectivity index (χ3n) is 2.87. The fraction of sp³-hybridized carbons (Fsp3) is 0.267. The first kappa shape index (κ1) is 14.3. The van der Waals surface area contributed by atoms with Crippen molar-refractivity contribution in [2.75, 3.05) is 7.11 Å². The van der Waals surface area contributed by atoms with Crippen LogP contribution in [-0.4, -0.2) is 22.3 Å². The van der Waals surface area contributed by atoms with Crippen LogP contribution in [0.15, 0.2) is 36.5 Å². The second-order valence-corrected chi connectivity index (χ2v) is 4.32. The van der Waals surface area contributed by atoms with Crippen molar-refractivity contribution in [3.63, 3.8) is 0 Å². The molecule has 20 heavy (non-hydrogen) atoms. The summed E-state index contributed by atoms with van der Waals surface area (Å²) in [5.41, 5.74) is 1.33. The summed E-state index contributed by atoms with van der Waals surface area (Å²) >= 11 is 0. The zero-order valence-electron chi connectivity index (χ0n) is 11.4. The number of benzene rings is 1. The molecule has 0 spiro atoms. The number of hydrogen-bond donors (Lipinski definition) is 2. The molecule has 0 saturated heterocycles. The van der Waals surface area contributed by atoms with Gasteiger partial charge in [-0.25, -0.2) is 4.98 Å². The minimum Gasteiger partial charge on any atom is -0.493 e. The molecule has 0 saturated carbocycles. The quantitative estimate of drug-likeness (QED) is 0.876. The third kappa shape index (κ3) is 3.07. The van der Waals surface area contributed by atoms with Gasteiger partial charge >= 0.3 is 0 Å². The van der Waals surface area contributed by atoms with E-state index in [-0.39, 0.29) is 6.61 Å². The normalized spacial score (nSPS) is 12.0. The van der Waals surface area contributed by atoms with Crippen LogP contribution in [0.4, 0.5) is 0 Å². The van der Waals surface area contributed by atoms with Gasteiger partial charge in [0.05, 0.1) is 19.8 Å². The molecule has 0 radical (unpaired) electrons. The van der Waals surface area contributed by atoms with E-state index in [1.807, 2.05) is 0 Å². The molecule has 0 aliphatic rings. The lowest BCUT2D eigenvalue weighted by Crippen LogP contribution is -1.99. The zero-order valence-corrected chi connectivity index (χ0v) is 11.4. The maximum absolute atomic E-state index is 9.71. The van der Waals surface area contributed by atoms with E-state index in [1.165, 1.54) is 7.11 Å². The maximum Gasteiger partial charge on any atom is 0.225 e. The highest BCUT2D eigenvalue weighted by atomic mass is 16.5. The Bertz CT molecular complexity index is 584. The standard InChI is InChI=1S/C15H17NO4/c1-10(18)12-4-3-7-16-15(12)20-13-6-5-11(9-17)8-14(13)19-2/h3-8,10,17-18H,9H2,1-2H3. The Balaban J connectivity index is 2.35. The highest BCUT2D eigenvalue weighted by molar-refractivity contribution is 5.45. The fourth-order valence-corrected chi connectivity index (χ4v) is 1.81. The monoisotopic (exact) mass is 275 g/mol. The van der Waals surface area contributed by atoms with Gasteiger partial charge in [-0.1, -0.05) is 6.07 Å². The van der Waals surface area contributed by atoms with E-state index < -0.39 is 6.10 Å². The average Bonchev–Trinajstić information content (AvgIpc) is 2.48. The molecular weight excluding hydrogens is 258 g/mol. The van der Waals surface area contributed by atoms with Crippen LogP contribution in [0.1, 0.15) is 24.2 Å². The van der Waals surface area contributed by atoms with Crippen LogP contribution >= 0.6 is 0 Å². The lowest BCUT2D eigenvalue weighted by Gasteiger charge is -2.14. The van der Waals surface area contributed by atoms with Gasteiger partial charge in [0.1, 0.15) is 0 Å². The van der Waals surface area contributed by atoms with Gasteiger partial charge in [-0.15, -0.1) is 0 Å². The number of nitrogens with zero attached hydrogens (tertiary/aromatic N) is 1. The van der Waals surface area contributed by atoms with Crippen LogP contribution in [0.5, 0.6) is 17.4 Å². The van der Waals surface area contributed by atoms with E-state index in [2.05, 4.69) is 4.98 Å². The van der Waals surface area contributed by atoms with Gasteiger partial charge in [0.25, 0.3) is 0 Å². The summed E-state index contributed by atoms with van der Waals surface area (Å²) in [5.74, 6) is 1.31. The van der Waals surface area contributed by atoms with Crippen molar-refractivity contribution in [2.24, 2.45) is 0 Å². The van der Waals surface area contributed by atoms with Crippen molar-refractivity contribution >= 4 is 0 Å². The van der Waals surface area contributed by atoms with Gasteiger partial charge in [-0.3, -0.25) is 0 Å². The number of hydrogen-bond acceptors (Lipinski definition) is 5. The van der Waals surface area contributed by atoms with Crippen molar-refractivity contribution in [2.45, 2.75) is 19.6 Å². The van der Waals surface area contributed by atoms with Crippen LogP contribution < -0.4 is 9.47 Å². The Labute approximate surface area is 117 Å². The second-order valence-electron chi connectivity index (χ2n) is 4.32. The Kier molecular flexibility index (Phi) is 4.55. The molecule has 0 aliphatic carbocycles. The predicted molar refractivity (Wildman–Crippen MR) is 73.9 cm³/mol. The summed E-state index contributed by atoms with van der Waals surface area (Å²) in [5, 5.41) is 18.8. The number of aromatic nitrogens is 1. The summed E-state index contributed by atoms with van der Waals surface area (Å²) < 4.78 is 10.9. The molecule has 0 fully saturated rings. The first-order valence-electron chi connectivity index (χ1n) is 6.24. The van der Waals surface area contributed by atoms with Crippen molar-refractivity contribution < 1.29 is 19.7 Å². The highest BCUT2D eigenvalue weighted by Crippen LogP contribution is 2.34. The molecule has 2 N–H and O–H groups in total. The molecular formula is C15H17NO4. The molecule has 2 aromatic rings. The maximum atomic E-state index is 9.71. The summed E-state index contributed by atoms with van der Waals surface area (Å²) in [6.45, 7) is 1.58. The molecule has 1 aromatic carbocycles. The molecule has 1 aromatic heterocycles. The van der Waals surface area contributed by atoms with E-state index in [4.69, 9.17) is 14.6 Å². The van der Waals surface area contributed by atoms with Crippen molar-refractivity contribution in [1.82, 2.24) is 4.98 Å². The van der Waals surface area contributed by atoms with Gasteiger partial charge in [-0.2, -0.15) is 0 Å². The Morgan fingerprint density at radius 2 is 2.05 bits per heavy atom. The molecule has 5 heteroatoms. The number of aliphatic hydroxyl groups is 2. The average molecular weight is 275 g/mol. The van der Waals surface area contributed by atoms with E-state index in [9.17, 15) is 5.11 Å². The van der Waals surface area contributed by atoms with Gasteiger partial charge in [0.2, 0.25) is 5.88 Å². The topological polar surface area (TPSA) is 71.8 Å². The summed E-state index contributed by atoms with van der Waals surface area (Å²) in [6, 6.07) is 8.62. The molecule has 1 unspecified atom stereocenters. The smallest absolute Gasteiger partial charge is 0.225 e. The number of pyridine rings is 1. The molecule has 0 bridgehead atoms. The summed E-state index contributed by atoms with van der Waals surface area (Å²) in [6.07, 6.45) is 0.914. The van der Waals surface area contributed by atoms with Gasteiger partial charge in [0.15, 0.2) is 11.5 Å². The number of ether oxygens (including phenoxy) is 2. The third-order valence-corrected chi connectivity index (χ3v) is 2.87. The van der Waals surface area contributed by atoms with Crippen LogP contribution in [-0.2, 0) is 6.61 Å².